The van der Waals surface area contributed by atoms with Crippen molar-refractivity contribution in [1.82, 2.24) is 10.2 Å². The van der Waals surface area contributed by atoms with Crippen LogP contribution in [-0.4, -0.2) is 69.3 Å². The molecule has 2 fully saturated rings. The molecule has 3 amide bonds. The Kier molecular flexibility index (Phi) is 8.60. The molecule has 3 N–H and O–H groups in total. The second kappa shape index (κ2) is 12.0. The molecule has 0 atom stereocenters. The molecule has 2 aliphatic heterocycles. The van der Waals surface area contributed by atoms with Crippen molar-refractivity contribution >= 4 is 29.0 Å². The van der Waals surface area contributed by atoms with Crippen molar-refractivity contribution < 1.29 is 14.3 Å². The van der Waals surface area contributed by atoms with E-state index in [-0.39, 0.29) is 11.9 Å². The van der Waals surface area contributed by atoms with Gasteiger partial charge < -0.3 is 25.6 Å². The molecule has 8 heteroatoms. The Hall–Kier alpha value is -3.10. The van der Waals surface area contributed by atoms with Crippen molar-refractivity contribution in [3.05, 3.63) is 53.6 Å². The van der Waals surface area contributed by atoms with Crippen LogP contribution in [-0.2, 0) is 4.74 Å². The van der Waals surface area contributed by atoms with Crippen molar-refractivity contribution in [2.45, 2.75) is 26.7 Å². The van der Waals surface area contributed by atoms with Gasteiger partial charge in [0.2, 0.25) is 0 Å². The van der Waals surface area contributed by atoms with Crippen molar-refractivity contribution in [3.63, 3.8) is 0 Å². The van der Waals surface area contributed by atoms with Gasteiger partial charge in [-0.15, -0.1) is 0 Å². The van der Waals surface area contributed by atoms with E-state index in [2.05, 4.69) is 32.7 Å². The third kappa shape index (κ3) is 7.19. The first-order chi connectivity index (χ1) is 17.0. The first-order valence-corrected chi connectivity index (χ1v) is 12.6. The largest absolute Gasteiger partial charge is 0.379 e. The summed E-state index contributed by atoms with van der Waals surface area (Å²) in [5.41, 5.74) is 3.89. The zero-order valence-electron chi connectivity index (χ0n) is 20.8. The number of nitrogens with zero attached hydrogens (tertiary/aromatic N) is 2. The Morgan fingerprint density at radius 2 is 1.69 bits per heavy atom. The normalized spacial score (nSPS) is 17.1. The van der Waals surface area contributed by atoms with Crippen molar-refractivity contribution in [2.24, 2.45) is 5.92 Å². The number of nitrogens with one attached hydrogen (secondary N) is 3. The Balaban J connectivity index is 1.45. The summed E-state index contributed by atoms with van der Waals surface area (Å²) < 4.78 is 5.40. The maximum absolute atomic E-state index is 13.3. The van der Waals surface area contributed by atoms with Gasteiger partial charge in [0.1, 0.15) is 0 Å². The molecule has 8 nitrogen and oxygen atoms in total. The zero-order chi connectivity index (χ0) is 24.6. The lowest BCUT2D eigenvalue weighted by Gasteiger charge is -2.33. The van der Waals surface area contributed by atoms with Crippen molar-refractivity contribution in [2.75, 3.05) is 68.0 Å². The smallest absolute Gasteiger partial charge is 0.323 e. The SMILES string of the molecule is Cc1cccc(NC(=O)Nc2ccc(N3CCC(C)CC3)c(C(=O)NCCN3CCOCC3)c2)c1. The van der Waals surface area contributed by atoms with E-state index in [1.165, 1.54) is 0 Å². The van der Waals surface area contributed by atoms with Gasteiger partial charge in [-0.1, -0.05) is 19.1 Å². The molecule has 0 aromatic heterocycles. The molecule has 0 aliphatic carbocycles. The number of carbonyl (C=O) groups excluding carboxylic acids is 2. The van der Waals surface area contributed by atoms with Gasteiger partial charge in [-0.3, -0.25) is 9.69 Å². The molecule has 2 heterocycles. The van der Waals surface area contributed by atoms with Crippen LogP contribution in [0.15, 0.2) is 42.5 Å². The molecule has 0 spiro atoms. The number of piperidine rings is 1. The maximum atomic E-state index is 13.3. The summed E-state index contributed by atoms with van der Waals surface area (Å²) in [5.74, 6) is 0.581. The number of hydrogen-bond donors (Lipinski definition) is 3. The summed E-state index contributed by atoms with van der Waals surface area (Å²) in [6.07, 6.45) is 2.22. The highest BCUT2D eigenvalue weighted by atomic mass is 16.5. The lowest BCUT2D eigenvalue weighted by molar-refractivity contribution is 0.0383. The molecule has 2 aromatic carbocycles. The van der Waals surface area contributed by atoms with E-state index in [1.54, 1.807) is 6.07 Å². The van der Waals surface area contributed by atoms with Crippen LogP contribution in [0.3, 0.4) is 0 Å². The minimum atomic E-state index is -0.339. The summed E-state index contributed by atoms with van der Waals surface area (Å²) in [6.45, 7) is 10.7. The van der Waals surface area contributed by atoms with E-state index >= 15 is 0 Å². The molecule has 35 heavy (non-hydrogen) atoms. The van der Waals surface area contributed by atoms with Crippen LogP contribution in [0.4, 0.5) is 21.9 Å². The molecule has 0 bridgehead atoms. The molecular formula is C27H37N5O3. The number of carbonyl (C=O) groups is 2. The van der Waals surface area contributed by atoms with Gasteiger partial charge >= 0.3 is 6.03 Å². The Labute approximate surface area is 208 Å². The minimum Gasteiger partial charge on any atom is -0.379 e. The third-order valence-corrected chi connectivity index (χ3v) is 6.72. The quantitative estimate of drug-likeness (QED) is 0.560. The third-order valence-electron chi connectivity index (χ3n) is 6.72. The topological polar surface area (TPSA) is 85.9 Å². The molecule has 0 saturated carbocycles. The van der Waals surface area contributed by atoms with Crippen LogP contribution < -0.4 is 20.9 Å². The van der Waals surface area contributed by atoms with E-state index in [0.29, 0.717) is 23.7 Å². The van der Waals surface area contributed by atoms with Crippen LogP contribution in [0, 0.1) is 12.8 Å². The van der Waals surface area contributed by atoms with E-state index in [0.717, 1.165) is 75.7 Å². The number of rotatable bonds is 7. The second-order valence-electron chi connectivity index (χ2n) is 9.56. The molecule has 2 aliphatic rings. The van der Waals surface area contributed by atoms with Gasteiger partial charge in [0.05, 0.1) is 18.8 Å². The predicted molar refractivity (Wildman–Crippen MR) is 140 cm³/mol. The molecule has 4 rings (SSSR count). The van der Waals surface area contributed by atoms with Gasteiger partial charge in [-0.25, -0.2) is 4.79 Å². The molecule has 2 aromatic rings. The van der Waals surface area contributed by atoms with Crippen LogP contribution in [0.25, 0.3) is 0 Å². The summed E-state index contributed by atoms with van der Waals surface area (Å²) >= 11 is 0. The lowest BCUT2D eigenvalue weighted by Crippen LogP contribution is -2.41. The highest BCUT2D eigenvalue weighted by Crippen LogP contribution is 2.29. The maximum Gasteiger partial charge on any atom is 0.323 e. The first kappa shape index (κ1) is 25.0. The number of amides is 3. The van der Waals surface area contributed by atoms with Gasteiger partial charge in [-0.2, -0.15) is 0 Å². The van der Waals surface area contributed by atoms with Gasteiger partial charge in [-0.05, 0) is 61.6 Å². The summed E-state index contributed by atoms with van der Waals surface area (Å²) in [6, 6.07) is 12.9. The monoisotopic (exact) mass is 479 g/mol. The van der Waals surface area contributed by atoms with Gasteiger partial charge in [0.15, 0.2) is 0 Å². The number of ether oxygens (including phenoxy) is 1. The average molecular weight is 480 g/mol. The molecule has 0 unspecified atom stereocenters. The highest BCUT2D eigenvalue weighted by molar-refractivity contribution is 6.04. The fraction of sp³-hybridized carbons (Fsp3) is 0.481. The minimum absolute atomic E-state index is 0.116. The van der Waals surface area contributed by atoms with Crippen LogP contribution in [0.2, 0.25) is 0 Å². The molecule has 0 radical (unpaired) electrons. The van der Waals surface area contributed by atoms with Gasteiger partial charge in [0.25, 0.3) is 5.91 Å². The van der Waals surface area contributed by atoms with E-state index in [1.807, 2.05) is 43.3 Å². The first-order valence-electron chi connectivity index (χ1n) is 12.6. The Morgan fingerprint density at radius 1 is 0.971 bits per heavy atom. The predicted octanol–water partition coefficient (Wildman–Crippen LogP) is 3.94. The number of urea groups is 1. The average Bonchev–Trinajstić information content (AvgIpc) is 2.85. The van der Waals surface area contributed by atoms with Crippen LogP contribution >= 0.6 is 0 Å². The zero-order valence-corrected chi connectivity index (χ0v) is 20.8. The number of benzene rings is 2. The second-order valence-corrected chi connectivity index (χ2v) is 9.56. The highest BCUT2D eigenvalue weighted by Gasteiger charge is 2.22. The number of anilines is 3. The van der Waals surface area contributed by atoms with Crippen LogP contribution in [0.1, 0.15) is 35.7 Å². The summed E-state index contributed by atoms with van der Waals surface area (Å²) in [5, 5.41) is 8.82. The van der Waals surface area contributed by atoms with E-state index < -0.39 is 0 Å². The van der Waals surface area contributed by atoms with Crippen molar-refractivity contribution in [1.29, 1.82) is 0 Å². The number of morpholine rings is 1. The fourth-order valence-electron chi connectivity index (χ4n) is 4.58. The van der Waals surface area contributed by atoms with Gasteiger partial charge in [0, 0.05) is 56.3 Å². The van der Waals surface area contributed by atoms with E-state index in [4.69, 9.17) is 4.74 Å². The summed E-state index contributed by atoms with van der Waals surface area (Å²) in [7, 11) is 0. The fourth-order valence-corrected chi connectivity index (χ4v) is 4.58. The molecule has 2 saturated heterocycles. The molecule has 188 valence electrons. The Bertz CT molecular complexity index is 1010. The number of hydrogen-bond acceptors (Lipinski definition) is 5. The lowest BCUT2D eigenvalue weighted by atomic mass is 9.98. The standard InChI is InChI=1S/C27H37N5O3/c1-20-8-11-32(12-9-20)25-7-6-23(30-27(34)29-22-5-3-4-21(2)18-22)19-24(25)26(33)28-10-13-31-14-16-35-17-15-31/h3-7,18-20H,8-17H2,1-2H3,(H,28,33)(H2,29,30,34). The van der Waals surface area contributed by atoms with E-state index in [9.17, 15) is 9.59 Å². The summed E-state index contributed by atoms with van der Waals surface area (Å²) in [4.78, 5) is 30.4. The Morgan fingerprint density at radius 3 is 2.40 bits per heavy atom. The molecular weight excluding hydrogens is 442 g/mol. The van der Waals surface area contributed by atoms with Crippen molar-refractivity contribution in [3.8, 4) is 0 Å². The number of aryl methyl sites for hydroxylation is 1. The van der Waals surface area contributed by atoms with Crippen LogP contribution in [0.5, 0.6) is 0 Å².